The van der Waals surface area contributed by atoms with Crippen LogP contribution < -0.4 is 4.74 Å². The summed E-state index contributed by atoms with van der Waals surface area (Å²) < 4.78 is 7.04. The van der Waals surface area contributed by atoms with E-state index in [1.807, 2.05) is 16.7 Å². The number of methoxy groups -OCH3 is 1. The van der Waals surface area contributed by atoms with E-state index < -0.39 is 0 Å². The van der Waals surface area contributed by atoms with Gasteiger partial charge >= 0.3 is 0 Å². The van der Waals surface area contributed by atoms with E-state index in [0.29, 0.717) is 5.88 Å². The highest BCUT2D eigenvalue weighted by Crippen LogP contribution is 2.27. The van der Waals surface area contributed by atoms with E-state index in [1.165, 1.54) is 16.3 Å². The highest BCUT2D eigenvalue weighted by atomic mass is 32.2. The summed E-state index contributed by atoms with van der Waals surface area (Å²) in [5.41, 5.74) is 2.19. The highest BCUT2D eigenvalue weighted by Gasteiger charge is 2.09. The molecule has 4 rings (SSSR count). The van der Waals surface area contributed by atoms with Crippen LogP contribution in [-0.4, -0.2) is 26.9 Å². The Morgan fingerprint density at radius 2 is 1.92 bits per heavy atom. The quantitative estimate of drug-likeness (QED) is 0.508. The minimum atomic E-state index is 0.585. The van der Waals surface area contributed by atoms with Crippen molar-refractivity contribution >= 4 is 22.5 Å². The molecule has 0 amide bonds. The topological polar surface area (TPSA) is 52.8 Å². The van der Waals surface area contributed by atoms with E-state index in [2.05, 4.69) is 57.6 Å². The van der Waals surface area contributed by atoms with Crippen LogP contribution in [-0.2, 0) is 5.75 Å². The fourth-order valence-electron chi connectivity index (χ4n) is 2.70. The molecule has 0 unspecified atom stereocenters. The minimum absolute atomic E-state index is 0.585. The first-order valence-electron chi connectivity index (χ1n) is 7.85. The van der Waals surface area contributed by atoms with E-state index in [-0.39, 0.29) is 0 Å². The van der Waals surface area contributed by atoms with E-state index >= 15 is 0 Å². The second kappa shape index (κ2) is 6.94. The second-order valence-electron chi connectivity index (χ2n) is 5.47. The molecule has 0 saturated heterocycles. The van der Waals surface area contributed by atoms with Gasteiger partial charge in [0.15, 0.2) is 5.16 Å². The van der Waals surface area contributed by atoms with Gasteiger partial charge in [-0.15, -0.1) is 10.2 Å². The number of aromatic nitrogens is 4. The Balaban J connectivity index is 1.58. The molecular formula is C19H16N4OS. The fraction of sp³-hybridized carbons (Fsp3) is 0.105. The lowest BCUT2D eigenvalue weighted by atomic mass is 10.1. The monoisotopic (exact) mass is 348 g/mol. The smallest absolute Gasteiger partial charge is 0.213 e. The third-order valence-corrected chi connectivity index (χ3v) is 4.95. The van der Waals surface area contributed by atoms with Gasteiger partial charge in [-0.1, -0.05) is 54.2 Å². The van der Waals surface area contributed by atoms with Gasteiger partial charge in [-0.3, -0.25) is 4.57 Å². The third kappa shape index (κ3) is 3.21. The van der Waals surface area contributed by atoms with Crippen molar-refractivity contribution < 1.29 is 4.74 Å². The molecule has 2 aromatic heterocycles. The van der Waals surface area contributed by atoms with Crippen LogP contribution in [0.25, 0.3) is 16.5 Å². The van der Waals surface area contributed by atoms with Crippen molar-refractivity contribution in [3.63, 3.8) is 0 Å². The molecule has 2 heterocycles. The van der Waals surface area contributed by atoms with E-state index in [0.717, 1.165) is 16.6 Å². The van der Waals surface area contributed by atoms with Crippen LogP contribution in [0, 0.1) is 0 Å². The number of benzene rings is 2. The molecule has 0 spiro atoms. The molecular weight excluding hydrogens is 332 g/mol. The molecule has 4 aromatic rings. The van der Waals surface area contributed by atoms with Gasteiger partial charge in [0, 0.05) is 11.8 Å². The zero-order chi connectivity index (χ0) is 17.1. The van der Waals surface area contributed by atoms with Crippen molar-refractivity contribution in [2.24, 2.45) is 0 Å². The first kappa shape index (κ1) is 15.7. The fourth-order valence-corrected chi connectivity index (χ4v) is 3.63. The van der Waals surface area contributed by atoms with E-state index in [9.17, 15) is 0 Å². The van der Waals surface area contributed by atoms with Crippen molar-refractivity contribution in [1.29, 1.82) is 0 Å². The molecule has 0 aliphatic carbocycles. The van der Waals surface area contributed by atoms with Gasteiger partial charge in [-0.05, 0) is 22.4 Å². The summed E-state index contributed by atoms with van der Waals surface area (Å²) >= 11 is 1.66. The predicted molar refractivity (Wildman–Crippen MR) is 99.2 cm³/mol. The molecule has 5 nitrogen and oxygen atoms in total. The molecule has 0 atom stereocenters. The van der Waals surface area contributed by atoms with Gasteiger partial charge in [-0.25, -0.2) is 4.98 Å². The van der Waals surface area contributed by atoms with Crippen molar-refractivity contribution in [2.75, 3.05) is 7.11 Å². The molecule has 0 fully saturated rings. The zero-order valence-corrected chi connectivity index (χ0v) is 14.5. The van der Waals surface area contributed by atoms with Crippen molar-refractivity contribution in [3.8, 4) is 11.6 Å². The lowest BCUT2D eigenvalue weighted by molar-refractivity contribution is 0.397. The van der Waals surface area contributed by atoms with Crippen LogP contribution in [0.4, 0.5) is 0 Å². The molecule has 0 N–H and O–H groups in total. The zero-order valence-electron chi connectivity index (χ0n) is 13.7. The number of rotatable bonds is 5. The summed E-state index contributed by atoms with van der Waals surface area (Å²) in [5.74, 6) is 1.41. The van der Waals surface area contributed by atoms with Gasteiger partial charge in [0.25, 0.3) is 0 Å². The normalized spacial score (nSPS) is 10.9. The molecule has 0 aliphatic rings. The predicted octanol–water partition coefficient (Wildman–Crippen LogP) is 4.12. The second-order valence-corrected chi connectivity index (χ2v) is 6.41. The first-order chi connectivity index (χ1) is 12.3. The number of hydrogen-bond donors (Lipinski definition) is 0. The number of ether oxygens (including phenoxy) is 1. The summed E-state index contributed by atoms with van der Waals surface area (Å²) in [5, 5.41) is 11.7. The molecule has 0 bridgehead atoms. The van der Waals surface area contributed by atoms with Gasteiger partial charge in [0.2, 0.25) is 5.88 Å². The van der Waals surface area contributed by atoms with Gasteiger partial charge in [0.05, 0.1) is 19.0 Å². The molecule has 0 radical (unpaired) electrons. The van der Waals surface area contributed by atoms with Crippen LogP contribution in [0.3, 0.4) is 0 Å². The van der Waals surface area contributed by atoms with Crippen LogP contribution in [0.1, 0.15) is 5.56 Å². The maximum Gasteiger partial charge on any atom is 0.213 e. The summed E-state index contributed by atoms with van der Waals surface area (Å²) in [4.78, 5) is 4.25. The minimum Gasteiger partial charge on any atom is -0.481 e. The lowest BCUT2D eigenvalue weighted by Crippen LogP contribution is -1.97. The van der Waals surface area contributed by atoms with E-state index in [1.54, 1.807) is 31.4 Å². The Kier molecular flexibility index (Phi) is 4.35. The van der Waals surface area contributed by atoms with Crippen LogP contribution in [0.2, 0.25) is 0 Å². The summed E-state index contributed by atoms with van der Waals surface area (Å²) in [6.45, 7) is 0. The van der Waals surface area contributed by atoms with Gasteiger partial charge in [-0.2, -0.15) is 0 Å². The molecule has 6 heteroatoms. The van der Waals surface area contributed by atoms with Crippen LogP contribution in [0.5, 0.6) is 5.88 Å². The molecule has 0 saturated carbocycles. The Labute approximate surface area is 149 Å². The standard InChI is InChI=1S/C19H16N4OS/c1-24-18-10-9-16(11-20-18)23-13-21-22-19(23)25-12-15-7-4-6-14-5-2-3-8-17(14)15/h2-11,13H,12H2,1H3. The highest BCUT2D eigenvalue weighted by molar-refractivity contribution is 7.98. The summed E-state index contributed by atoms with van der Waals surface area (Å²) in [6, 6.07) is 18.6. The number of thioether (sulfide) groups is 1. The number of fused-ring (bicyclic) bond motifs is 1. The lowest BCUT2D eigenvalue weighted by Gasteiger charge is -2.08. The summed E-state index contributed by atoms with van der Waals surface area (Å²) in [7, 11) is 1.60. The SMILES string of the molecule is COc1ccc(-n2cnnc2SCc2cccc3ccccc23)cn1. The maximum absolute atomic E-state index is 5.11. The third-order valence-electron chi connectivity index (χ3n) is 3.96. The van der Waals surface area contributed by atoms with Gasteiger partial charge in [0.1, 0.15) is 6.33 Å². The van der Waals surface area contributed by atoms with Crippen molar-refractivity contribution in [1.82, 2.24) is 19.7 Å². The molecule has 2 aromatic carbocycles. The number of nitrogens with zero attached hydrogens (tertiary/aromatic N) is 4. The maximum atomic E-state index is 5.11. The van der Waals surface area contributed by atoms with Crippen molar-refractivity contribution in [3.05, 3.63) is 72.7 Å². The van der Waals surface area contributed by atoms with Gasteiger partial charge < -0.3 is 4.74 Å². The molecule has 0 aliphatic heterocycles. The molecule has 124 valence electrons. The largest absolute Gasteiger partial charge is 0.481 e. The number of pyridine rings is 1. The van der Waals surface area contributed by atoms with Crippen molar-refractivity contribution in [2.45, 2.75) is 10.9 Å². The average molecular weight is 348 g/mol. The Bertz CT molecular complexity index is 992. The Morgan fingerprint density at radius 1 is 1.04 bits per heavy atom. The van der Waals surface area contributed by atoms with E-state index in [4.69, 9.17) is 4.74 Å². The average Bonchev–Trinajstić information content (AvgIpc) is 3.15. The van der Waals surface area contributed by atoms with Crippen LogP contribution in [0.15, 0.2) is 72.3 Å². The number of hydrogen-bond acceptors (Lipinski definition) is 5. The molecule has 25 heavy (non-hydrogen) atoms. The Morgan fingerprint density at radius 3 is 2.76 bits per heavy atom. The summed E-state index contributed by atoms with van der Waals surface area (Å²) in [6.07, 6.45) is 3.46. The Hall–Kier alpha value is -2.86. The first-order valence-corrected chi connectivity index (χ1v) is 8.83. The van der Waals surface area contributed by atoms with Crippen LogP contribution >= 0.6 is 11.8 Å².